The Morgan fingerprint density at radius 3 is 3.00 bits per heavy atom. The van der Waals surface area contributed by atoms with Gasteiger partial charge in [0.25, 0.3) is 0 Å². The molecule has 0 radical (unpaired) electrons. The molecule has 1 saturated heterocycles. The predicted octanol–water partition coefficient (Wildman–Crippen LogP) is -0.166. The second-order valence-corrected chi connectivity index (χ2v) is 3.36. The second kappa shape index (κ2) is 4.97. The van der Waals surface area contributed by atoms with Gasteiger partial charge in [-0.1, -0.05) is 0 Å². The number of amides is 1. The molecule has 1 fully saturated rings. The van der Waals surface area contributed by atoms with Gasteiger partial charge in [-0.3, -0.25) is 9.59 Å². The van der Waals surface area contributed by atoms with Crippen LogP contribution in [0.5, 0.6) is 0 Å². The van der Waals surface area contributed by atoms with Crippen molar-refractivity contribution in [1.82, 2.24) is 10.6 Å². The van der Waals surface area contributed by atoms with Crippen LogP contribution >= 0.6 is 0 Å². The Morgan fingerprint density at radius 1 is 1.54 bits per heavy atom. The van der Waals surface area contributed by atoms with Crippen molar-refractivity contribution in [3.63, 3.8) is 0 Å². The van der Waals surface area contributed by atoms with E-state index in [4.69, 9.17) is 0 Å². The molecule has 1 amide bonds. The van der Waals surface area contributed by atoms with E-state index < -0.39 is 0 Å². The number of hydrogen-bond acceptors (Lipinski definition) is 3. The highest BCUT2D eigenvalue weighted by Gasteiger charge is 2.19. The second-order valence-electron chi connectivity index (χ2n) is 3.36. The molecule has 4 nitrogen and oxygen atoms in total. The summed E-state index contributed by atoms with van der Waals surface area (Å²) in [6, 6.07) is -0.250. The van der Waals surface area contributed by atoms with Gasteiger partial charge in [-0.05, 0) is 19.4 Å². The molecule has 0 aromatic carbocycles. The Bertz CT molecular complexity index is 204. The highest BCUT2D eigenvalue weighted by molar-refractivity contribution is 5.88. The normalized spacial score (nSPS) is 24.7. The van der Waals surface area contributed by atoms with Gasteiger partial charge < -0.3 is 10.6 Å². The van der Waals surface area contributed by atoms with Crippen molar-refractivity contribution in [3.05, 3.63) is 0 Å². The molecule has 0 spiro atoms. The summed E-state index contributed by atoms with van der Waals surface area (Å²) in [5.74, 6) is 0.0225. The van der Waals surface area contributed by atoms with E-state index in [1.165, 1.54) is 6.92 Å². The molecule has 74 valence electrons. The van der Waals surface area contributed by atoms with Crippen molar-refractivity contribution in [3.8, 4) is 0 Å². The van der Waals surface area contributed by atoms with E-state index in [1.54, 1.807) is 0 Å². The molecule has 1 atom stereocenters. The lowest BCUT2D eigenvalue weighted by atomic mass is 10.0. The summed E-state index contributed by atoms with van der Waals surface area (Å²) in [5, 5.41) is 5.84. The topological polar surface area (TPSA) is 58.2 Å². The number of ketones is 1. The Balaban J connectivity index is 2.46. The standard InChI is InChI=1S/C9H16N2O2/c1-7(12)11-8-3-2-5-10-6-4-9(8)13/h8,10H,2-6H2,1H3,(H,11,12). The van der Waals surface area contributed by atoms with Gasteiger partial charge in [0.05, 0.1) is 6.04 Å². The zero-order valence-corrected chi connectivity index (χ0v) is 7.93. The maximum Gasteiger partial charge on any atom is 0.217 e. The molecule has 1 unspecified atom stereocenters. The average molecular weight is 184 g/mol. The van der Waals surface area contributed by atoms with E-state index in [1.807, 2.05) is 0 Å². The molecule has 0 aromatic rings. The van der Waals surface area contributed by atoms with Gasteiger partial charge in [-0.2, -0.15) is 0 Å². The van der Waals surface area contributed by atoms with E-state index in [-0.39, 0.29) is 17.7 Å². The van der Waals surface area contributed by atoms with Crippen molar-refractivity contribution in [1.29, 1.82) is 0 Å². The molecule has 1 rings (SSSR count). The maximum absolute atomic E-state index is 11.4. The molecule has 1 aliphatic rings. The molecular weight excluding hydrogens is 168 g/mol. The lowest BCUT2D eigenvalue weighted by Gasteiger charge is -2.19. The lowest BCUT2D eigenvalue weighted by molar-refractivity contribution is -0.127. The predicted molar refractivity (Wildman–Crippen MR) is 49.3 cm³/mol. The minimum Gasteiger partial charge on any atom is -0.347 e. The van der Waals surface area contributed by atoms with Crippen LogP contribution in [0.15, 0.2) is 0 Å². The van der Waals surface area contributed by atoms with Crippen molar-refractivity contribution in [2.75, 3.05) is 13.1 Å². The Hall–Kier alpha value is -0.900. The van der Waals surface area contributed by atoms with Gasteiger partial charge >= 0.3 is 0 Å². The molecule has 0 bridgehead atoms. The highest BCUT2D eigenvalue weighted by Crippen LogP contribution is 2.03. The number of carbonyl (C=O) groups excluding carboxylic acids is 2. The van der Waals surface area contributed by atoms with E-state index in [9.17, 15) is 9.59 Å². The van der Waals surface area contributed by atoms with Gasteiger partial charge in [0.2, 0.25) is 5.91 Å². The number of Topliss-reactive ketones (excluding diaryl/α,β-unsaturated/α-hetero) is 1. The van der Waals surface area contributed by atoms with E-state index >= 15 is 0 Å². The van der Waals surface area contributed by atoms with Crippen LogP contribution in [0.1, 0.15) is 26.2 Å². The Labute approximate surface area is 78.1 Å². The fourth-order valence-electron chi connectivity index (χ4n) is 1.50. The third kappa shape index (κ3) is 3.55. The van der Waals surface area contributed by atoms with Gasteiger partial charge in [-0.25, -0.2) is 0 Å². The molecule has 0 aromatic heterocycles. The maximum atomic E-state index is 11.4. The van der Waals surface area contributed by atoms with Crippen LogP contribution in [0, 0.1) is 0 Å². The monoisotopic (exact) mass is 184 g/mol. The van der Waals surface area contributed by atoms with Crippen LogP contribution in [-0.4, -0.2) is 30.8 Å². The van der Waals surface area contributed by atoms with E-state index in [2.05, 4.69) is 10.6 Å². The highest BCUT2D eigenvalue weighted by atomic mass is 16.2. The van der Waals surface area contributed by atoms with Gasteiger partial charge in [0, 0.05) is 19.9 Å². The molecule has 4 heteroatoms. The first kappa shape index (κ1) is 10.2. The zero-order valence-electron chi connectivity index (χ0n) is 7.93. The van der Waals surface area contributed by atoms with Gasteiger partial charge in [0.1, 0.15) is 0 Å². The van der Waals surface area contributed by atoms with Crippen molar-refractivity contribution in [2.24, 2.45) is 0 Å². The Morgan fingerprint density at radius 2 is 2.31 bits per heavy atom. The molecule has 0 saturated carbocycles. The van der Waals surface area contributed by atoms with Crippen LogP contribution < -0.4 is 10.6 Å². The van der Waals surface area contributed by atoms with Crippen LogP contribution in [0.25, 0.3) is 0 Å². The summed E-state index contributed by atoms with van der Waals surface area (Å²) in [5.41, 5.74) is 0. The minimum absolute atomic E-state index is 0.119. The largest absolute Gasteiger partial charge is 0.347 e. The minimum atomic E-state index is -0.250. The SMILES string of the molecule is CC(=O)NC1CCCNCCC1=O. The first-order valence-corrected chi connectivity index (χ1v) is 4.70. The zero-order chi connectivity index (χ0) is 9.68. The van der Waals surface area contributed by atoms with Crippen molar-refractivity contribution >= 4 is 11.7 Å². The van der Waals surface area contributed by atoms with Crippen LogP contribution in [0.2, 0.25) is 0 Å². The summed E-state index contributed by atoms with van der Waals surface area (Å²) < 4.78 is 0. The lowest BCUT2D eigenvalue weighted by Crippen LogP contribution is -2.42. The first-order chi connectivity index (χ1) is 6.20. The molecule has 2 N–H and O–H groups in total. The molecule has 13 heavy (non-hydrogen) atoms. The van der Waals surface area contributed by atoms with E-state index in [0.29, 0.717) is 6.42 Å². The first-order valence-electron chi connectivity index (χ1n) is 4.70. The summed E-state index contributed by atoms with van der Waals surface area (Å²) >= 11 is 0. The van der Waals surface area contributed by atoms with Crippen molar-refractivity contribution < 1.29 is 9.59 Å². The molecule has 0 aliphatic carbocycles. The van der Waals surface area contributed by atoms with Gasteiger partial charge in [-0.15, -0.1) is 0 Å². The van der Waals surface area contributed by atoms with Crippen LogP contribution in [-0.2, 0) is 9.59 Å². The van der Waals surface area contributed by atoms with Crippen molar-refractivity contribution in [2.45, 2.75) is 32.2 Å². The molecule has 1 heterocycles. The fourth-order valence-corrected chi connectivity index (χ4v) is 1.50. The van der Waals surface area contributed by atoms with E-state index in [0.717, 1.165) is 25.9 Å². The summed E-state index contributed by atoms with van der Waals surface area (Å²) in [7, 11) is 0. The smallest absolute Gasteiger partial charge is 0.217 e. The number of hydrogen-bond donors (Lipinski definition) is 2. The van der Waals surface area contributed by atoms with Gasteiger partial charge in [0.15, 0.2) is 5.78 Å². The average Bonchev–Trinajstić information content (AvgIpc) is 2.04. The summed E-state index contributed by atoms with van der Waals surface area (Å²) in [6.45, 7) is 3.11. The quantitative estimate of drug-likeness (QED) is 0.595. The Kier molecular flexibility index (Phi) is 3.89. The molecular formula is C9H16N2O2. The van der Waals surface area contributed by atoms with Crippen LogP contribution in [0.4, 0.5) is 0 Å². The molecule has 1 aliphatic heterocycles. The fraction of sp³-hybridized carbons (Fsp3) is 0.778. The summed E-state index contributed by atoms with van der Waals surface area (Å²) in [6.07, 6.45) is 2.22. The number of nitrogens with one attached hydrogen (secondary N) is 2. The third-order valence-electron chi connectivity index (χ3n) is 2.16. The van der Waals surface area contributed by atoms with Crippen LogP contribution in [0.3, 0.4) is 0 Å². The third-order valence-corrected chi connectivity index (χ3v) is 2.16. The number of rotatable bonds is 1. The summed E-state index contributed by atoms with van der Waals surface area (Å²) in [4.78, 5) is 22.2. The number of carbonyl (C=O) groups is 2.